The Morgan fingerprint density at radius 1 is 1.43 bits per heavy atom. The molecule has 1 aromatic rings. The van der Waals surface area contributed by atoms with Gasteiger partial charge >= 0.3 is 0 Å². The third-order valence-electron chi connectivity index (χ3n) is 2.29. The lowest BCUT2D eigenvalue weighted by Crippen LogP contribution is -2.19. The Labute approximate surface area is 90.8 Å². The minimum absolute atomic E-state index is 0.365. The van der Waals surface area contributed by atoms with Crippen LogP contribution in [0.3, 0.4) is 0 Å². The fraction of sp³-hybridized carbons (Fsp3) is 0.333. The normalized spacial score (nSPS) is 13.4. The van der Waals surface area contributed by atoms with Crippen molar-refractivity contribution in [3.8, 4) is 0 Å². The Balaban J connectivity index is 2.60. The van der Waals surface area contributed by atoms with Gasteiger partial charge in [0.25, 0.3) is 0 Å². The average Bonchev–Trinajstić information content (AvgIpc) is 2.18. The molecule has 0 heterocycles. The molecule has 0 radical (unpaired) electrons. The predicted octanol–water partition coefficient (Wildman–Crippen LogP) is 3.40. The number of halogens is 1. The van der Waals surface area contributed by atoms with Crippen LogP contribution in [0.2, 0.25) is 0 Å². The first-order valence-electron chi connectivity index (χ1n) is 4.80. The molecule has 1 atom stereocenters. The summed E-state index contributed by atoms with van der Waals surface area (Å²) < 4.78 is 0. The van der Waals surface area contributed by atoms with E-state index in [1.807, 2.05) is 6.08 Å². The fourth-order valence-electron chi connectivity index (χ4n) is 1.47. The molecule has 0 saturated carbocycles. The van der Waals surface area contributed by atoms with Crippen LogP contribution in [0.25, 0.3) is 0 Å². The zero-order valence-corrected chi connectivity index (χ0v) is 9.38. The highest BCUT2D eigenvalue weighted by molar-refractivity contribution is 6.25. The molecule has 0 saturated heterocycles. The maximum atomic E-state index is 5.44. The van der Waals surface area contributed by atoms with E-state index in [4.69, 9.17) is 11.6 Å². The van der Waals surface area contributed by atoms with Gasteiger partial charge in [0.2, 0.25) is 0 Å². The second kappa shape index (κ2) is 5.84. The Hall–Kier alpha value is -0.790. The van der Waals surface area contributed by atoms with Crippen molar-refractivity contribution in [3.63, 3.8) is 0 Å². The standard InChI is InChI=1S/C12H16ClN/c1-10-6-3-4-7-12(10)11(2)14-9-5-8-13/h3-8,11,14H,9H2,1-2H3/b8-5+. The van der Waals surface area contributed by atoms with E-state index in [0.29, 0.717) is 6.04 Å². The quantitative estimate of drug-likeness (QED) is 0.802. The molecule has 0 spiro atoms. The molecule has 0 aliphatic carbocycles. The molecule has 14 heavy (non-hydrogen) atoms. The van der Waals surface area contributed by atoms with Crippen LogP contribution in [0.15, 0.2) is 35.9 Å². The summed E-state index contributed by atoms with van der Waals surface area (Å²) in [7, 11) is 0. The molecular formula is C12H16ClN. The lowest BCUT2D eigenvalue weighted by molar-refractivity contribution is 0.614. The van der Waals surface area contributed by atoms with E-state index in [2.05, 4.69) is 43.4 Å². The molecular weight excluding hydrogens is 194 g/mol. The van der Waals surface area contributed by atoms with Crippen molar-refractivity contribution in [2.24, 2.45) is 0 Å². The van der Waals surface area contributed by atoms with Gasteiger partial charge in [0, 0.05) is 18.1 Å². The summed E-state index contributed by atoms with van der Waals surface area (Å²) in [5, 5.41) is 3.37. The number of hydrogen-bond acceptors (Lipinski definition) is 1. The number of benzene rings is 1. The van der Waals surface area contributed by atoms with E-state index in [9.17, 15) is 0 Å². The monoisotopic (exact) mass is 209 g/mol. The van der Waals surface area contributed by atoms with E-state index in [1.165, 1.54) is 16.7 Å². The van der Waals surface area contributed by atoms with E-state index in [0.717, 1.165) is 6.54 Å². The summed E-state index contributed by atoms with van der Waals surface area (Å²) >= 11 is 5.44. The Morgan fingerprint density at radius 2 is 2.14 bits per heavy atom. The first-order chi connectivity index (χ1) is 6.75. The van der Waals surface area contributed by atoms with Crippen molar-refractivity contribution >= 4 is 11.6 Å². The predicted molar refractivity (Wildman–Crippen MR) is 62.6 cm³/mol. The van der Waals surface area contributed by atoms with Crippen LogP contribution in [-0.4, -0.2) is 6.54 Å². The molecule has 1 unspecified atom stereocenters. The fourth-order valence-corrected chi connectivity index (χ4v) is 1.56. The first kappa shape index (κ1) is 11.3. The highest BCUT2D eigenvalue weighted by Crippen LogP contribution is 2.16. The van der Waals surface area contributed by atoms with Gasteiger partial charge in [-0.3, -0.25) is 0 Å². The van der Waals surface area contributed by atoms with Gasteiger partial charge in [-0.1, -0.05) is 41.9 Å². The third kappa shape index (κ3) is 3.17. The molecule has 2 heteroatoms. The molecule has 0 aliphatic heterocycles. The highest BCUT2D eigenvalue weighted by Gasteiger charge is 2.04. The molecule has 0 fully saturated rings. The average molecular weight is 210 g/mol. The second-order valence-electron chi connectivity index (χ2n) is 3.35. The summed E-state index contributed by atoms with van der Waals surface area (Å²) in [5.41, 5.74) is 4.20. The zero-order valence-electron chi connectivity index (χ0n) is 8.63. The first-order valence-corrected chi connectivity index (χ1v) is 5.23. The number of hydrogen-bond donors (Lipinski definition) is 1. The van der Waals surface area contributed by atoms with E-state index in [-0.39, 0.29) is 0 Å². The number of aryl methyl sites for hydroxylation is 1. The van der Waals surface area contributed by atoms with Crippen LogP contribution in [0, 0.1) is 6.92 Å². The van der Waals surface area contributed by atoms with Crippen molar-refractivity contribution in [1.82, 2.24) is 5.32 Å². The number of nitrogens with one attached hydrogen (secondary N) is 1. The lowest BCUT2D eigenvalue weighted by atomic mass is 10.0. The van der Waals surface area contributed by atoms with Crippen molar-refractivity contribution < 1.29 is 0 Å². The second-order valence-corrected chi connectivity index (χ2v) is 3.60. The van der Waals surface area contributed by atoms with Gasteiger partial charge in [0.15, 0.2) is 0 Å². The lowest BCUT2D eigenvalue weighted by Gasteiger charge is -2.15. The van der Waals surface area contributed by atoms with Crippen molar-refractivity contribution in [2.45, 2.75) is 19.9 Å². The van der Waals surface area contributed by atoms with Crippen LogP contribution < -0.4 is 5.32 Å². The van der Waals surface area contributed by atoms with Crippen LogP contribution in [-0.2, 0) is 0 Å². The van der Waals surface area contributed by atoms with Crippen molar-refractivity contribution in [2.75, 3.05) is 6.54 Å². The minimum Gasteiger partial charge on any atom is -0.307 e. The highest BCUT2D eigenvalue weighted by atomic mass is 35.5. The van der Waals surface area contributed by atoms with Gasteiger partial charge < -0.3 is 5.32 Å². The molecule has 1 aromatic carbocycles. The Morgan fingerprint density at radius 3 is 2.79 bits per heavy atom. The molecule has 76 valence electrons. The summed E-state index contributed by atoms with van der Waals surface area (Å²) in [6.07, 6.45) is 1.90. The molecule has 0 bridgehead atoms. The Kier molecular flexibility index (Phi) is 4.71. The zero-order chi connectivity index (χ0) is 10.4. The largest absolute Gasteiger partial charge is 0.307 e. The van der Waals surface area contributed by atoms with Gasteiger partial charge in [-0.2, -0.15) is 0 Å². The number of rotatable bonds is 4. The van der Waals surface area contributed by atoms with Crippen LogP contribution in [0.5, 0.6) is 0 Å². The van der Waals surface area contributed by atoms with Gasteiger partial charge in [0.1, 0.15) is 0 Å². The van der Waals surface area contributed by atoms with E-state index >= 15 is 0 Å². The van der Waals surface area contributed by atoms with Gasteiger partial charge in [-0.15, -0.1) is 0 Å². The maximum absolute atomic E-state index is 5.44. The minimum atomic E-state index is 0.365. The smallest absolute Gasteiger partial charge is 0.0297 e. The van der Waals surface area contributed by atoms with Crippen molar-refractivity contribution in [3.05, 3.63) is 47.0 Å². The van der Waals surface area contributed by atoms with Crippen molar-refractivity contribution in [1.29, 1.82) is 0 Å². The van der Waals surface area contributed by atoms with Gasteiger partial charge in [-0.05, 0) is 25.0 Å². The molecule has 1 nitrogen and oxygen atoms in total. The summed E-state index contributed by atoms with van der Waals surface area (Å²) in [5.74, 6) is 0. The third-order valence-corrected chi connectivity index (χ3v) is 2.46. The van der Waals surface area contributed by atoms with Gasteiger partial charge in [0.05, 0.1) is 0 Å². The maximum Gasteiger partial charge on any atom is 0.0297 e. The molecule has 1 N–H and O–H groups in total. The van der Waals surface area contributed by atoms with Crippen LogP contribution in [0.1, 0.15) is 24.1 Å². The van der Waals surface area contributed by atoms with Crippen LogP contribution in [0.4, 0.5) is 0 Å². The summed E-state index contributed by atoms with van der Waals surface area (Å²) in [6.45, 7) is 5.09. The molecule has 0 aliphatic rings. The topological polar surface area (TPSA) is 12.0 Å². The molecule has 0 aromatic heterocycles. The Bertz CT molecular complexity index is 307. The van der Waals surface area contributed by atoms with E-state index < -0.39 is 0 Å². The summed E-state index contributed by atoms with van der Waals surface area (Å²) in [4.78, 5) is 0. The van der Waals surface area contributed by atoms with E-state index in [1.54, 1.807) is 0 Å². The van der Waals surface area contributed by atoms with Gasteiger partial charge in [-0.25, -0.2) is 0 Å². The molecule has 0 amide bonds. The van der Waals surface area contributed by atoms with Crippen LogP contribution >= 0.6 is 11.6 Å². The SMILES string of the molecule is Cc1ccccc1C(C)NC/C=C/Cl. The molecule has 1 rings (SSSR count). The summed E-state index contributed by atoms with van der Waals surface area (Å²) in [6, 6.07) is 8.77.